The zero-order valence-corrected chi connectivity index (χ0v) is 16.4. The van der Waals surface area contributed by atoms with E-state index < -0.39 is 0 Å². The van der Waals surface area contributed by atoms with Crippen molar-refractivity contribution in [1.29, 1.82) is 0 Å². The molecule has 1 saturated heterocycles. The SMILES string of the molecule is O=C(CCN1CCCc2ccccc21)N1CCN(c2cccc(Cl)c2)CC1. The lowest BCUT2D eigenvalue weighted by Crippen LogP contribution is -2.49. The summed E-state index contributed by atoms with van der Waals surface area (Å²) in [4.78, 5) is 19.4. The molecule has 4 nitrogen and oxygen atoms in total. The molecule has 4 rings (SSSR count). The Balaban J connectivity index is 1.29. The number of nitrogens with zero attached hydrogens (tertiary/aromatic N) is 3. The second-order valence-electron chi connectivity index (χ2n) is 7.32. The lowest BCUT2D eigenvalue weighted by Gasteiger charge is -2.37. The molecule has 1 amide bonds. The Morgan fingerprint density at radius 3 is 2.59 bits per heavy atom. The van der Waals surface area contributed by atoms with Crippen LogP contribution in [0, 0.1) is 0 Å². The van der Waals surface area contributed by atoms with Crippen LogP contribution in [0.2, 0.25) is 5.02 Å². The van der Waals surface area contributed by atoms with Crippen LogP contribution in [0.3, 0.4) is 0 Å². The fourth-order valence-corrected chi connectivity index (χ4v) is 4.30. The molecular weight excluding hydrogens is 358 g/mol. The second kappa shape index (κ2) is 8.22. The Morgan fingerprint density at radius 1 is 0.963 bits per heavy atom. The smallest absolute Gasteiger partial charge is 0.224 e. The zero-order chi connectivity index (χ0) is 18.6. The highest BCUT2D eigenvalue weighted by Crippen LogP contribution is 2.27. The number of carbonyl (C=O) groups excluding carboxylic acids is 1. The number of rotatable bonds is 4. The maximum Gasteiger partial charge on any atom is 0.224 e. The average molecular weight is 384 g/mol. The molecule has 0 aromatic heterocycles. The molecule has 27 heavy (non-hydrogen) atoms. The van der Waals surface area contributed by atoms with Crippen LogP contribution in [0.1, 0.15) is 18.4 Å². The van der Waals surface area contributed by atoms with Crippen LogP contribution in [0.4, 0.5) is 11.4 Å². The molecule has 2 heterocycles. The lowest BCUT2D eigenvalue weighted by atomic mass is 10.0. The van der Waals surface area contributed by atoms with E-state index >= 15 is 0 Å². The van der Waals surface area contributed by atoms with Crippen LogP contribution in [-0.4, -0.2) is 50.1 Å². The van der Waals surface area contributed by atoms with Gasteiger partial charge in [-0.3, -0.25) is 4.79 Å². The van der Waals surface area contributed by atoms with E-state index in [1.807, 2.05) is 23.1 Å². The van der Waals surface area contributed by atoms with Gasteiger partial charge in [-0.2, -0.15) is 0 Å². The maximum absolute atomic E-state index is 12.7. The molecule has 0 bridgehead atoms. The minimum atomic E-state index is 0.267. The summed E-state index contributed by atoms with van der Waals surface area (Å²) in [6.07, 6.45) is 2.90. The highest BCUT2D eigenvalue weighted by Gasteiger charge is 2.23. The molecule has 1 fully saturated rings. The molecular formula is C22H26ClN3O. The average Bonchev–Trinajstić information content (AvgIpc) is 2.72. The van der Waals surface area contributed by atoms with Crippen molar-refractivity contribution in [2.24, 2.45) is 0 Å². The van der Waals surface area contributed by atoms with E-state index in [0.29, 0.717) is 6.42 Å². The number of benzene rings is 2. The monoisotopic (exact) mass is 383 g/mol. The van der Waals surface area contributed by atoms with Gasteiger partial charge < -0.3 is 14.7 Å². The summed E-state index contributed by atoms with van der Waals surface area (Å²) in [6, 6.07) is 16.5. The first-order valence-corrected chi connectivity index (χ1v) is 10.2. The van der Waals surface area contributed by atoms with Crippen LogP contribution in [0.15, 0.2) is 48.5 Å². The molecule has 0 unspecified atom stereocenters. The number of carbonyl (C=O) groups is 1. The quantitative estimate of drug-likeness (QED) is 0.802. The number of halogens is 1. The fourth-order valence-electron chi connectivity index (χ4n) is 4.12. The second-order valence-corrected chi connectivity index (χ2v) is 7.75. The van der Waals surface area contributed by atoms with Crippen molar-refractivity contribution < 1.29 is 4.79 Å². The van der Waals surface area contributed by atoms with Gasteiger partial charge in [0, 0.05) is 62.1 Å². The summed E-state index contributed by atoms with van der Waals surface area (Å²) in [5.41, 5.74) is 3.85. The van der Waals surface area contributed by atoms with E-state index in [9.17, 15) is 4.79 Å². The standard InChI is InChI=1S/C22H26ClN3O/c23-19-7-3-8-20(17-19)24-13-15-26(16-14-24)22(27)10-12-25-11-4-6-18-5-1-2-9-21(18)25/h1-3,5,7-9,17H,4,6,10-16H2. The Bertz CT molecular complexity index is 802. The number of aryl methyl sites for hydroxylation is 1. The van der Waals surface area contributed by atoms with Crippen molar-refractivity contribution in [1.82, 2.24) is 4.90 Å². The van der Waals surface area contributed by atoms with E-state index in [1.54, 1.807) is 0 Å². The molecule has 0 radical (unpaired) electrons. The molecule has 2 aliphatic rings. The fraction of sp³-hybridized carbons (Fsp3) is 0.409. The van der Waals surface area contributed by atoms with Gasteiger partial charge in [0.2, 0.25) is 5.91 Å². The summed E-state index contributed by atoms with van der Waals surface area (Å²) < 4.78 is 0. The van der Waals surface area contributed by atoms with Crippen molar-refractivity contribution in [3.63, 3.8) is 0 Å². The van der Waals surface area contributed by atoms with Crippen LogP contribution in [0.5, 0.6) is 0 Å². The third-order valence-corrected chi connectivity index (χ3v) is 5.84. The maximum atomic E-state index is 12.7. The summed E-state index contributed by atoms with van der Waals surface area (Å²) in [5.74, 6) is 0.267. The van der Waals surface area contributed by atoms with Gasteiger partial charge in [0.1, 0.15) is 0 Å². The van der Waals surface area contributed by atoms with E-state index in [2.05, 4.69) is 40.1 Å². The van der Waals surface area contributed by atoms with Crippen molar-refractivity contribution in [2.75, 3.05) is 49.1 Å². The van der Waals surface area contributed by atoms with Gasteiger partial charge in [-0.1, -0.05) is 35.9 Å². The lowest BCUT2D eigenvalue weighted by molar-refractivity contribution is -0.131. The van der Waals surface area contributed by atoms with E-state index in [-0.39, 0.29) is 5.91 Å². The van der Waals surface area contributed by atoms with Gasteiger partial charge in [0.05, 0.1) is 0 Å². The molecule has 0 atom stereocenters. The first-order valence-electron chi connectivity index (χ1n) is 9.82. The number of fused-ring (bicyclic) bond motifs is 1. The number of hydrogen-bond acceptors (Lipinski definition) is 3. The topological polar surface area (TPSA) is 26.8 Å². The Hall–Kier alpha value is -2.20. The first-order chi connectivity index (χ1) is 13.2. The van der Waals surface area contributed by atoms with Gasteiger partial charge in [-0.15, -0.1) is 0 Å². The van der Waals surface area contributed by atoms with Gasteiger partial charge in [-0.25, -0.2) is 0 Å². The van der Waals surface area contributed by atoms with Crippen LogP contribution < -0.4 is 9.80 Å². The third-order valence-electron chi connectivity index (χ3n) is 5.61. The highest BCUT2D eigenvalue weighted by molar-refractivity contribution is 6.30. The Labute approximate surface area is 166 Å². The predicted octanol–water partition coefficient (Wildman–Crippen LogP) is 3.83. The summed E-state index contributed by atoms with van der Waals surface area (Å²) in [7, 11) is 0. The number of amides is 1. The first kappa shape index (κ1) is 18.2. The van der Waals surface area contributed by atoms with Gasteiger partial charge in [0.25, 0.3) is 0 Å². The molecule has 142 valence electrons. The highest BCUT2D eigenvalue weighted by atomic mass is 35.5. The van der Waals surface area contributed by atoms with E-state index in [1.165, 1.54) is 17.7 Å². The summed E-state index contributed by atoms with van der Waals surface area (Å²) in [5, 5.41) is 0.757. The zero-order valence-electron chi connectivity index (χ0n) is 15.6. The van der Waals surface area contributed by atoms with Crippen molar-refractivity contribution >= 4 is 28.9 Å². The van der Waals surface area contributed by atoms with Gasteiger partial charge in [0.15, 0.2) is 0 Å². The summed E-state index contributed by atoms with van der Waals surface area (Å²) in [6.45, 7) is 5.14. The molecule has 0 saturated carbocycles. The number of anilines is 2. The van der Waals surface area contributed by atoms with Crippen molar-refractivity contribution in [3.8, 4) is 0 Å². The Kier molecular flexibility index (Phi) is 5.53. The minimum absolute atomic E-state index is 0.267. The predicted molar refractivity (Wildman–Crippen MR) is 112 cm³/mol. The van der Waals surface area contributed by atoms with Crippen molar-refractivity contribution in [2.45, 2.75) is 19.3 Å². The molecule has 0 spiro atoms. The van der Waals surface area contributed by atoms with Crippen LogP contribution in [0.25, 0.3) is 0 Å². The van der Waals surface area contributed by atoms with E-state index in [4.69, 9.17) is 11.6 Å². The molecule has 2 aliphatic heterocycles. The Morgan fingerprint density at radius 2 is 1.78 bits per heavy atom. The minimum Gasteiger partial charge on any atom is -0.371 e. The molecule has 5 heteroatoms. The normalized spacial score (nSPS) is 17.0. The van der Waals surface area contributed by atoms with E-state index in [0.717, 1.165) is 56.4 Å². The molecule has 2 aromatic carbocycles. The third kappa shape index (κ3) is 4.22. The number of para-hydroxylation sites is 1. The van der Waals surface area contributed by atoms with Crippen molar-refractivity contribution in [3.05, 3.63) is 59.1 Å². The van der Waals surface area contributed by atoms with Crippen LogP contribution >= 0.6 is 11.6 Å². The molecule has 2 aromatic rings. The van der Waals surface area contributed by atoms with Crippen LogP contribution in [-0.2, 0) is 11.2 Å². The van der Waals surface area contributed by atoms with Gasteiger partial charge in [-0.05, 0) is 42.7 Å². The number of hydrogen-bond donors (Lipinski definition) is 0. The number of piperazine rings is 1. The largest absolute Gasteiger partial charge is 0.371 e. The summed E-state index contributed by atoms with van der Waals surface area (Å²) >= 11 is 6.10. The molecule has 0 aliphatic carbocycles. The molecule has 0 N–H and O–H groups in total. The van der Waals surface area contributed by atoms with Gasteiger partial charge >= 0.3 is 0 Å².